The summed E-state index contributed by atoms with van der Waals surface area (Å²) in [4.78, 5) is 0. The van der Waals surface area contributed by atoms with Gasteiger partial charge in [-0.25, -0.2) is 8.42 Å². The van der Waals surface area contributed by atoms with E-state index in [2.05, 4.69) is 6.07 Å². The van der Waals surface area contributed by atoms with Crippen molar-refractivity contribution in [2.24, 2.45) is 5.73 Å². The van der Waals surface area contributed by atoms with Crippen molar-refractivity contribution < 1.29 is 8.42 Å². The highest BCUT2D eigenvalue weighted by Crippen LogP contribution is 2.25. The number of aryl methyl sites for hydroxylation is 1. The maximum atomic E-state index is 11.4. The third-order valence-corrected chi connectivity index (χ3v) is 4.90. The number of rotatable bonds is 2. The number of benzene rings is 1. The van der Waals surface area contributed by atoms with E-state index >= 15 is 0 Å². The first-order valence-electron chi connectivity index (χ1n) is 5.43. The fourth-order valence-electron chi connectivity index (χ4n) is 2.31. The second-order valence-electron chi connectivity index (χ2n) is 4.87. The lowest BCUT2D eigenvalue weighted by atomic mass is 9.91. The van der Waals surface area contributed by atoms with Crippen LogP contribution in [0.3, 0.4) is 0 Å². The molecule has 1 aliphatic rings. The zero-order chi connectivity index (χ0) is 11.8. The maximum absolute atomic E-state index is 11.4. The van der Waals surface area contributed by atoms with Crippen LogP contribution in [-0.2, 0) is 16.3 Å². The van der Waals surface area contributed by atoms with Crippen LogP contribution in [0.25, 0.3) is 0 Å². The Morgan fingerprint density at radius 2 is 2.19 bits per heavy atom. The molecule has 1 aromatic rings. The van der Waals surface area contributed by atoms with Crippen LogP contribution in [0.15, 0.2) is 24.3 Å². The number of nitrogens with two attached hydrogens (primary N) is 1. The SMILES string of the molecule is Cc1cccc(CC2(N)CCS(=O)(=O)C2)c1. The Kier molecular flexibility index (Phi) is 2.80. The first-order valence-corrected chi connectivity index (χ1v) is 7.26. The smallest absolute Gasteiger partial charge is 0.152 e. The van der Waals surface area contributed by atoms with Gasteiger partial charge in [-0.05, 0) is 25.3 Å². The van der Waals surface area contributed by atoms with Crippen LogP contribution >= 0.6 is 0 Å². The van der Waals surface area contributed by atoms with Gasteiger partial charge in [0, 0.05) is 5.54 Å². The molecular formula is C12H17NO2S. The van der Waals surface area contributed by atoms with Gasteiger partial charge in [-0.1, -0.05) is 29.8 Å². The Hall–Kier alpha value is -0.870. The lowest BCUT2D eigenvalue weighted by Gasteiger charge is -2.22. The van der Waals surface area contributed by atoms with E-state index < -0.39 is 15.4 Å². The van der Waals surface area contributed by atoms with Crippen molar-refractivity contribution in [1.82, 2.24) is 0 Å². The number of sulfone groups is 1. The average Bonchev–Trinajstić information content (AvgIpc) is 2.40. The zero-order valence-corrected chi connectivity index (χ0v) is 10.3. The molecule has 1 aliphatic heterocycles. The molecule has 4 heteroatoms. The molecule has 2 N–H and O–H groups in total. The Morgan fingerprint density at radius 1 is 1.44 bits per heavy atom. The fraction of sp³-hybridized carbons (Fsp3) is 0.500. The van der Waals surface area contributed by atoms with Crippen LogP contribution in [0, 0.1) is 6.92 Å². The van der Waals surface area contributed by atoms with Crippen molar-refractivity contribution in [3.8, 4) is 0 Å². The van der Waals surface area contributed by atoms with Gasteiger partial charge in [0.2, 0.25) is 0 Å². The highest BCUT2D eigenvalue weighted by atomic mass is 32.2. The van der Waals surface area contributed by atoms with Crippen molar-refractivity contribution in [3.63, 3.8) is 0 Å². The third kappa shape index (κ3) is 2.62. The van der Waals surface area contributed by atoms with Crippen LogP contribution in [0.1, 0.15) is 17.5 Å². The molecule has 16 heavy (non-hydrogen) atoms. The summed E-state index contributed by atoms with van der Waals surface area (Å²) in [5, 5.41) is 0. The molecule has 1 saturated heterocycles. The summed E-state index contributed by atoms with van der Waals surface area (Å²) in [7, 11) is -2.91. The van der Waals surface area contributed by atoms with Crippen molar-refractivity contribution in [2.75, 3.05) is 11.5 Å². The minimum Gasteiger partial charge on any atom is -0.324 e. The number of hydrogen-bond acceptors (Lipinski definition) is 3. The lowest BCUT2D eigenvalue weighted by Crippen LogP contribution is -2.43. The Bertz CT molecular complexity index is 495. The molecule has 0 saturated carbocycles. The van der Waals surface area contributed by atoms with E-state index in [4.69, 9.17) is 5.73 Å². The van der Waals surface area contributed by atoms with Crippen LogP contribution < -0.4 is 5.73 Å². The van der Waals surface area contributed by atoms with Gasteiger partial charge in [-0.3, -0.25) is 0 Å². The summed E-state index contributed by atoms with van der Waals surface area (Å²) >= 11 is 0. The largest absolute Gasteiger partial charge is 0.324 e. The first kappa shape index (κ1) is 11.6. The zero-order valence-electron chi connectivity index (χ0n) is 9.44. The molecule has 0 aliphatic carbocycles. The average molecular weight is 239 g/mol. The molecule has 1 aromatic carbocycles. The Morgan fingerprint density at radius 3 is 2.75 bits per heavy atom. The summed E-state index contributed by atoms with van der Waals surface area (Å²) < 4.78 is 22.8. The third-order valence-electron chi connectivity index (χ3n) is 3.06. The molecule has 1 fully saturated rings. The van der Waals surface area contributed by atoms with E-state index in [0.29, 0.717) is 12.8 Å². The second-order valence-corrected chi connectivity index (χ2v) is 7.05. The molecule has 0 radical (unpaired) electrons. The molecule has 0 bridgehead atoms. The van der Waals surface area contributed by atoms with Gasteiger partial charge in [0.15, 0.2) is 9.84 Å². The van der Waals surface area contributed by atoms with Gasteiger partial charge in [0.1, 0.15) is 0 Å². The predicted molar refractivity (Wildman–Crippen MR) is 65.1 cm³/mol. The second kappa shape index (κ2) is 3.86. The standard InChI is InChI=1S/C12H17NO2S/c1-10-3-2-4-11(7-10)8-12(13)5-6-16(14,15)9-12/h2-4,7H,5-6,8-9,13H2,1H3. The maximum Gasteiger partial charge on any atom is 0.152 e. The molecule has 1 atom stereocenters. The van der Waals surface area contributed by atoms with Gasteiger partial charge in [-0.15, -0.1) is 0 Å². The molecule has 2 rings (SSSR count). The van der Waals surface area contributed by atoms with Crippen LogP contribution in [0.4, 0.5) is 0 Å². The highest BCUT2D eigenvalue weighted by Gasteiger charge is 2.38. The molecule has 1 heterocycles. The molecule has 88 valence electrons. The van der Waals surface area contributed by atoms with Crippen LogP contribution in [0.5, 0.6) is 0 Å². The summed E-state index contributed by atoms with van der Waals surface area (Å²) in [6.45, 7) is 2.03. The normalized spacial score (nSPS) is 28.1. The summed E-state index contributed by atoms with van der Waals surface area (Å²) in [5.41, 5.74) is 7.88. The molecule has 0 aromatic heterocycles. The topological polar surface area (TPSA) is 60.2 Å². The van der Waals surface area contributed by atoms with Gasteiger partial charge in [0.05, 0.1) is 11.5 Å². The molecule has 3 nitrogen and oxygen atoms in total. The first-order chi connectivity index (χ1) is 7.39. The lowest BCUT2D eigenvalue weighted by molar-refractivity contribution is 0.476. The monoisotopic (exact) mass is 239 g/mol. The molecule has 1 unspecified atom stereocenters. The van der Waals surface area contributed by atoms with Crippen molar-refractivity contribution in [2.45, 2.75) is 25.3 Å². The Balaban J connectivity index is 2.16. The van der Waals surface area contributed by atoms with E-state index in [1.165, 1.54) is 5.56 Å². The minimum atomic E-state index is -2.91. The number of hydrogen-bond donors (Lipinski definition) is 1. The van der Waals surface area contributed by atoms with Crippen molar-refractivity contribution in [1.29, 1.82) is 0 Å². The van der Waals surface area contributed by atoms with E-state index in [1.54, 1.807) is 0 Å². The molecular weight excluding hydrogens is 222 g/mol. The van der Waals surface area contributed by atoms with Crippen molar-refractivity contribution in [3.05, 3.63) is 35.4 Å². The van der Waals surface area contributed by atoms with Gasteiger partial charge >= 0.3 is 0 Å². The highest BCUT2D eigenvalue weighted by molar-refractivity contribution is 7.91. The quantitative estimate of drug-likeness (QED) is 0.839. The van der Waals surface area contributed by atoms with E-state index in [1.807, 2.05) is 25.1 Å². The van der Waals surface area contributed by atoms with E-state index in [-0.39, 0.29) is 11.5 Å². The van der Waals surface area contributed by atoms with Gasteiger partial charge in [-0.2, -0.15) is 0 Å². The summed E-state index contributed by atoms with van der Waals surface area (Å²) in [5.74, 6) is 0.350. The summed E-state index contributed by atoms with van der Waals surface area (Å²) in [6.07, 6.45) is 1.22. The molecule has 0 spiro atoms. The fourth-order valence-corrected chi connectivity index (χ4v) is 4.29. The van der Waals surface area contributed by atoms with Crippen molar-refractivity contribution >= 4 is 9.84 Å². The van der Waals surface area contributed by atoms with E-state index in [0.717, 1.165) is 5.56 Å². The summed E-state index contributed by atoms with van der Waals surface area (Å²) in [6, 6.07) is 8.08. The van der Waals surface area contributed by atoms with E-state index in [9.17, 15) is 8.42 Å². The Labute approximate surface area is 96.6 Å². The van der Waals surface area contributed by atoms with Crippen LogP contribution in [-0.4, -0.2) is 25.5 Å². The minimum absolute atomic E-state index is 0.119. The molecule has 0 amide bonds. The van der Waals surface area contributed by atoms with Crippen LogP contribution in [0.2, 0.25) is 0 Å². The van der Waals surface area contributed by atoms with Gasteiger partial charge in [0.25, 0.3) is 0 Å². The predicted octanol–water partition coefficient (Wildman–Crippen LogP) is 1.05. The van der Waals surface area contributed by atoms with Gasteiger partial charge < -0.3 is 5.73 Å².